The molecular formula is C7H10S. The third-order valence-corrected chi connectivity index (χ3v) is 2.32. The lowest BCUT2D eigenvalue weighted by atomic mass is 10.2. The standard InChI is InChI=1S/C7H10S/c1-6-3-4-8-5-7(6)2/h3-4H,5H2,1-2H3. The van der Waals surface area contributed by atoms with Gasteiger partial charge in [0.25, 0.3) is 0 Å². The molecule has 0 aromatic carbocycles. The summed E-state index contributed by atoms with van der Waals surface area (Å²) in [5, 5.41) is 2.16. The van der Waals surface area contributed by atoms with E-state index in [-0.39, 0.29) is 0 Å². The molecule has 8 heavy (non-hydrogen) atoms. The Morgan fingerprint density at radius 3 is 2.62 bits per heavy atom. The van der Waals surface area contributed by atoms with Gasteiger partial charge in [0.1, 0.15) is 0 Å². The number of allylic oxidation sites excluding steroid dienone is 2. The fourth-order valence-corrected chi connectivity index (χ4v) is 1.45. The van der Waals surface area contributed by atoms with Crippen molar-refractivity contribution in [3.8, 4) is 0 Å². The Kier molecular flexibility index (Phi) is 1.79. The maximum atomic E-state index is 2.19. The van der Waals surface area contributed by atoms with Crippen LogP contribution in [0.4, 0.5) is 0 Å². The molecular weight excluding hydrogens is 116 g/mol. The Balaban J connectivity index is 2.76. The van der Waals surface area contributed by atoms with Gasteiger partial charge < -0.3 is 0 Å². The molecule has 0 nitrogen and oxygen atoms in total. The molecule has 0 aromatic rings. The summed E-state index contributed by atoms with van der Waals surface area (Å²) in [6, 6.07) is 0. The van der Waals surface area contributed by atoms with E-state index in [1.54, 1.807) is 0 Å². The van der Waals surface area contributed by atoms with E-state index in [1.807, 2.05) is 11.8 Å². The average Bonchev–Trinajstić information content (AvgIpc) is 1.77. The molecule has 1 aliphatic heterocycles. The van der Waals surface area contributed by atoms with E-state index < -0.39 is 0 Å². The van der Waals surface area contributed by atoms with Crippen molar-refractivity contribution in [3.63, 3.8) is 0 Å². The Labute approximate surface area is 54.7 Å². The van der Waals surface area contributed by atoms with E-state index in [1.165, 1.54) is 16.9 Å². The molecule has 0 N–H and O–H groups in total. The fraction of sp³-hybridized carbons (Fsp3) is 0.429. The molecule has 0 amide bonds. The quantitative estimate of drug-likeness (QED) is 0.480. The lowest BCUT2D eigenvalue weighted by molar-refractivity contribution is 1.30. The first-order valence-electron chi connectivity index (χ1n) is 2.75. The molecule has 0 spiro atoms. The third-order valence-electron chi connectivity index (χ3n) is 1.39. The highest BCUT2D eigenvalue weighted by molar-refractivity contribution is 8.02. The Bertz CT molecular complexity index is 142. The molecule has 1 heteroatoms. The van der Waals surface area contributed by atoms with E-state index in [9.17, 15) is 0 Å². The van der Waals surface area contributed by atoms with Crippen LogP contribution in [0.25, 0.3) is 0 Å². The summed E-state index contributed by atoms with van der Waals surface area (Å²) in [5.74, 6) is 1.18. The minimum Gasteiger partial charge on any atom is -0.130 e. The second-order valence-corrected chi connectivity index (χ2v) is 2.97. The highest BCUT2D eigenvalue weighted by atomic mass is 32.2. The van der Waals surface area contributed by atoms with Gasteiger partial charge in [-0.3, -0.25) is 0 Å². The molecule has 1 heterocycles. The SMILES string of the molecule is CC1=C(C)CSC=C1. The first-order valence-corrected chi connectivity index (χ1v) is 3.80. The Morgan fingerprint density at radius 2 is 2.25 bits per heavy atom. The van der Waals surface area contributed by atoms with Crippen molar-refractivity contribution >= 4 is 11.8 Å². The smallest absolute Gasteiger partial charge is 0.0187 e. The zero-order valence-electron chi connectivity index (χ0n) is 5.27. The molecule has 0 fully saturated rings. The highest BCUT2D eigenvalue weighted by Crippen LogP contribution is 2.19. The third kappa shape index (κ3) is 1.16. The van der Waals surface area contributed by atoms with Crippen LogP contribution >= 0.6 is 11.8 Å². The van der Waals surface area contributed by atoms with Gasteiger partial charge in [-0.25, -0.2) is 0 Å². The monoisotopic (exact) mass is 126 g/mol. The summed E-state index contributed by atoms with van der Waals surface area (Å²) < 4.78 is 0. The van der Waals surface area contributed by atoms with E-state index in [4.69, 9.17) is 0 Å². The van der Waals surface area contributed by atoms with Gasteiger partial charge in [-0.2, -0.15) is 0 Å². The molecule has 0 radical (unpaired) electrons. The van der Waals surface area contributed by atoms with Crippen molar-refractivity contribution in [1.82, 2.24) is 0 Å². The first-order chi connectivity index (χ1) is 3.80. The topological polar surface area (TPSA) is 0 Å². The summed E-state index contributed by atoms with van der Waals surface area (Å²) >= 11 is 1.87. The summed E-state index contributed by atoms with van der Waals surface area (Å²) in [7, 11) is 0. The lowest BCUT2D eigenvalue weighted by Crippen LogP contribution is -1.87. The largest absolute Gasteiger partial charge is 0.130 e. The predicted molar refractivity (Wildman–Crippen MR) is 40.0 cm³/mol. The van der Waals surface area contributed by atoms with Crippen LogP contribution in [0.3, 0.4) is 0 Å². The van der Waals surface area contributed by atoms with E-state index in [2.05, 4.69) is 25.3 Å². The second-order valence-electron chi connectivity index (χ2n) is 2.08. The zero-order chi connectivity index (χ0) is 5.98. The van der Waals surface area contributed by atoms with Gasteiger partial charge in [-0.1, -0.05) is 17.2 Å². The summed E-state index contributed by atoms with van der Waals surface area (Å²) in [6.07, 6.45) is 2.17. The fourth-order valence-electron chi connectivity index (χ4n) is 0.579. The molecule has 1 rings (SSSR count). The van der Waals surface area contributed by atoms with Crippen molar-refractivity contribution < 1.29 is 0 Å². The minimum absolute atomic E-state index is 1.18. The van der Waals surface area contributed by atoms with Crippen LogP contribution in [0, 0.1) is 0 Å². The second kappa shape index (κ2) is 2.40. The highest BCUT2D eigenvalue weighted by Gasteiger charge is 1.96. The van der Waals surface area contributed by atoms with Gasteiger partial charge in [0.2, 0.25) is 0 Å². The van der Waals surface area contributed by atoms with Gasteiger partial charge in [-0.15, -0.1) is 11.8 Å². The summed E-state index contributed by atoms with van der Waals surface area (Å²) in [5.41, 5.74) is 2.95. The van der Waals surface area contributed by atoms with Crippen molar-refractivity contribution in [2.75, 3.05) is 5.75 Å². The van der Waals surface area contributed by atoms with Gasteiger partial charge in [0.15, 0.2) is 0 Å². The maximum absolute atomic E-state index is 2.19. The molecule has 0 unspecified atom stereocenters. The van der Waals surface area contributed by atoms with Crippen molar-refractivity contribution in [2.24, 2.45) is 0 Å². The number of hydrogen-bond donors (Lipinski definition) is 0. The molecule has 0 aliphatic carbocycles. The van der Waals surface area contributed by atoms with E-state index in [0.717, 1.165) is 0 Å². The van der Waals surface area contributed by atoms with Crippen molar-refractivity contribution in [1.29, 1.82) is 0 Å². The first kappa shape index (κ1) is 5.96. The van der Waals surface area contributed by atoms with Gasteiger partial charge in [0, 0.05) is 5.75 Å². The van der Waals surface area contributed by atoms with Crippen LogP contribution in [0.1, 0.15) is 13.8 Å². The van der Waals surface area contributed by atoms with Crippen LogP contribution in [0.2, 0.25) is 0 Å². The van der Waals surface area contributed by atoms with Crippen LogP contribution < -0.4 is 0 Å². The predicted octanol–water partition coefficient (Wildman–Crippen LogP) is 2.58. The molecule has 0 atom stereocenters. The molecule has 44 valence electrons. The summed E-state index contributed by atoms with van der Waals surface area (Å²) in [4.78, 5) is 0. The zero-order valence-corrected chi connectivity index (χ0v) is 6.09. The summed E-state index contributed by atoms with van der Waals surface area (Å²) in [6.45, 7) is 4.34. The van der Waals surface area contributed by atoms with Crippen LogP contribution in [0.15, 0.2) is 22.6 Å². The van der Waals surface area contributed by atoms with Crippen molar-refractivity contribution in [3.05, 3.63) is 22.6 Å². The number of rotatable bonds is 0. The lowest BCUT2D eigenvalue weighted by Gasteiger charge is -2.05. The maximum Gasteiger partial charge on any atom is 0.0187 e. The molecule has 0 aromatic heterocycles. The normalized spacial score (nSPS) is 19.8. The molecule has 1 aliphatic rings. The van der Waals surface area contributed by atoms with E-state index in [0.29, 0.717) is 0 Å². The van der Waals surface area contributed by atoms with Gasteiger partial charge >= 0.3 is 0 Å². The van der Waals surface area contributed by atoms with Crippen molar-refractivity contribution in [2.45, 2.75) is 13.8 Å². The van der Waals surface area contributed by atoms with E-state index >= 15 is 0 Å². The van der Waals surface area contributed by atoms with Gasteiger partial charge in [0.05, 0.1) is 0 Å². The van der Waals surface area contributed by atoms with Gasteiger partial charge in [-0.05, 0) is 19.3 Å². The molecule has 0 saturated heterocycles. The molecule has 0 bridgehead atoms. The number of thioether (sulfide) groups is 1. The van der Waals surface area contributed by atoms with Crippen LogP contribution in [0.5, 0.6) is 0 Å². The van der Waals surface area contributed by atoms with Crippen LogP contribution in [-0.4, -0.2) is 5.75 Å². The minimum atomic E-state index is 1.18. The van der Waals surface area contributed by atoms with Crippen LogP contribution in [-0.2, 0) is 0 Å². The Morgan fingerprint density at radius 1 is 1.50 bits per heavy atom. The molecule has 0 saturated carbocycles. The Hall–Kier alpha value is -0.170. The number of hydrogen-bond acceptors (Lipinski definition) is 1. The average molecular weight is 126 g/mol.